The van der Waals surface area contributed by atoms with Crippen molar-refractivity contribution in [2.75, 3.05) is 0 Å². The predicted octanol–water partition coefficient (Wildman–Crippen LogP) is 4.69. The van der Waals surface area contributed by atoms with Gasteiger partial charge in [-0.2, -0.15) is 10.2 Å². The Hall–Kier alpha value is -3.42. The van der Waals surface area contributed by atoms with Crippen LogP contribution in [0.15, 0.2) is 58.7 Å². The zero-order valence-electron chi connectivity index (χ0n) is 18.3. The van der Waals surface area contributed by atoms with Crippen molar-refractivity contribution in [3.8, 4) is 0 Å². The fourth-order valence-electron chi connectivity index (χ4n) is 2.84. The molecule has 0 saturated carbocycles. The molecule has 6 nitrogen and oxygen atoms in total. The van der Waals surface area contributed by atoms with E-state index in [-0.39, 0.29) is 23.4 Å². The van der Waals surface area contributed by atoms with Crippen molar-refractivity contribution >= 4 is 23.2 Å². The molecule has 0 fully saturated rings. The van der Waals surface area contributed by atoms with Gasteiger partial charge in [-0.3, -0.25) is 9.59 Å². The van der Waals surface area contributed by atoms with Gasteiger partial charge in [-0.25, -0.2) is 19.6 Å². The number of halogens is 2. The zero-order valence-corrected chi connectivity index (χ0v) is 18.3. The Labute approximate surface area is 186 Å². The third-order valence-corrected chi connectivity index (χ3v) is 4.78. The topological polar surface area (TPSA) is 82.9 Å². The molecule has 0 spiro atoms. The predicted molar refractivity (Wildman–Crippen MR) is 121 cm³/mol. The highest BCUT2D eigenvalue weighted by atomic mass is 19.1. The first-order valence-corrected chi connectivity index (χ1v) is 10.5. The number of hydrazone groups is 2. The summed E-state index contributed by atoms with van der Waals surface area (Å²) in [7, 11) is 0. The second-order valence-corrected chi connectivity index (χ2v) is 7.39. The van der Waals surface area contributed by atoms with E-state index in [0.29, 0.717) is 37.1 Å². The monoisotopic (exact) mass is 442 g/mol. The molecule has 2 aromatic rings. The van der Waals surface area contributed by atoms with E-state index >= 15 is 0 Å². The lowest BCUT2D eigenvalue weighted by atomic mass is 10.1. The smallest absolute Gasteiger partial charge is 0.240 e. The molecule has 0 heterocycles. The lowest BCUT2D eigenvalue weighted by molar-refractivity contribution is -0.122. The number of hydrogen-bond donors (Lipinski definition) is 2. The fourth-order valence-corrected chi connectivity index (χ4v) is 2.84. The molecule has 0 radical (unpaired) electrons. The van der Waals surface area contributed by atoms with Crippen LogP contribution in [-0.4, -0.2) is 23.2 Å². The van der Waals surface area contributed by atoms with E-state index in [4.69, 9.17) is 0 Å². The minimum Gasteiger partial charge on any atom is -0.273 e. The Balaban J connectivity index is 1.57. The molecule has 2 rings (SSSR count). The van der Waals surface area contributed by atoms with Crippen molar-refractivity contribution in [3.63, 3.8) is 0 Å². The highest BCUT2D eigenvalue weighted by Gasteiger charge is 2.04. The van der Waals surface area contributed by atoms with Gasteiger partial charge in [0.1, 0.15) is 11.6 Å². The molecule has 2 amide bonds. The summed E-state index contributed by atoms with van der Waals surface area (Å²) in [5, 5.41) is 8.07. The van der Waals surface area contributed by atoms with Gasteiger partial charge < -0.3 is 0 Å². The maximum atomic E-state index is 12.9. The minimum atomic E-state index is -0.323. The second kappa shape index (κ2) is 13.1. The Bertz CT molecular complexity index is 875. The Kier molecular flexibility index (Phi) is 10.2. The van der Waals surface area contributed by atoms with Gasteiger partial charge in [0.2, 0.25) is 11.8 Å². The molecule has 0 bridgehead atoms. The van der Waals surface area contributed by atoms with Crippen LogP contribution in [0.3, 0.4) is 0 Å². The van der Waals surface area contributed by atoms with Gasteiger partial charge in [0.25, 0.3) is 0 Å². The number of rotatable bonds is 11. The third-order valence-electron chi connectivity index (χ3n) is 4.78. The largest absolute Gasteiger partial charge is 0.273 e. The van der Waals surface area contributed by atoms with Crippen LogP contribution in [0.4, 0.5) is 8.78 Å². The van der Waals surface area contributed by atoms with Gasteiger partial charge in [0.05, 0.1) is 11.4 Å². The first kappa shape index (κ1) is 24.8. The van der Waals surface area contributed by atoms with Gasteiger partial charge in [-0.1, -0.05) is 37.1 Å². The second-order valence-electron chi connectivity index (χ2n) is 7.39. The molecular weight excluding hydrogens is 414 g/mol. The van der Waals surface area contributed by atoms with Gasteiger partial charge in [0.15, 0.2) is 0 Å². The SMILES string of the molecule is C/C(=N\NC(=O)CCCCCCC(=O)N/N=C(\C)c1ccc(F)cc1)c1ccc(F)cc1. The van der Waals surface area contributed by atoms with Crippen LogP contribution in [0.5, 0.6) is 0 Å². The molecule has 2 N–H and O–H groups in total. The summed E-state index contributed by atoms with van der Waals surface area (Å²) in [6, 6.07) is 11.8. The molecular formula is C24H28F2N4O2. The first-order chi connectivity index (χ1) is 15.3. The molecule has 0 aromatic heterocycles. The van der Waals surface area contributed by atoms with E-state index in [1.165, 1.54) is 24.3 Å². The van der Waals surface area contributed by atoms with Gasteiger partial charge in [-0.05, 0) is 62.1 Å². The van der Waals surface area contributed by atoms with E-state index in [9.17, 15) is 18.4 Å². The molecule has 2 aromatic carbocycles. The number of unbranched alkanes of at least 4 members (excludes halogenated alkanes) is 3. The molecule has 0 aliphatic heterocycles. The van der Waals surface area contributed by atoms with Crippen LogP contribution in [0.25, 0.3) is 0 Å². The average Bonchev–Trinajstić information content (AvgIpc) is 2.79. The Morgan fingerprint density at radius 1 is 0.656 bits per heavy atom. The fraction of sp³-hybridized carbons (Fsp3) is 0.333. The molecule has 0 saturated heterocycles. The van der Waals surface area contributed by atoms with E-state index in [0.717, 1.165) is 24.0 Å². The quantitative estimate of drug-likeness (QED) is 0.301. The number of carbonyl (C=O) groups excluding carboxylic acids is 2. The highest BCUT2D eigenvalue weighted by molar-refractivity contribution is 5.99. The summed E-state index contributed by atoms with van der Waals surface area (Å²) in [6.07, 6.45) is 3.71. The molecule has 0 aliphatic rings. The van der Waals surface area contributed by atoms with E-state index in [1.54, 1.807) is 38.1 Å². The van der Waals surface area contributed by atoms with Gasteiger partial charge in [0, 0.05) is 12.8 Å². The number of amides is 2. The van der Waals surface area contributed by atoms with Crippen molar-refractivity contribution in [2.24, 2.45) is 10.2 Å². The normalized spacial score (nSPS) is 11.9. The molecule has 170 valence electrons. The summed E-state index contributed by atoms with van der Waals surface area (Å²) in [5.74, 6) is -1.02. The maximum Gasteiger partial charge on any atom is 0.240 e. The molecule has 0 unspecified atom stereocenters. The molecule has 32 heavy (non-hydrogen) atoms. The van der Waals surface area contributed by atoms with Crippen molar-refractivity contribution in [3.05, 3.63) is 71.3 Å². The number of benzene rings is 2. The van der Waals surface area contributed by atoms with Gasteiger partial charge >= 0.3 is 0 Å². The summed E-state index contributed by atoms with van der Waals surface area (Å²) >= 11 is 0. The summed E-state index contributed by atoms with van der Waals surface area (Å²) in [4.78, 5) is 23.8. The van der Waals surface area contributed by atoms with E-state index in [2.05, 4.69) is 21.1 Å². The van der Waals surface area contributed by atoms with Crippen LogP contribution in [0.2, 0.25) is 0 Å². The van der Waals surface area contributed by atoms with E-state index < -0.39 is 0 Å². The van der Waals surface area contributed by atoms with E-state index in [1.807, 2.05) is 0 Å². The van der Waals surface area contributed by atoms with Gasteiger partial charge in [-0.15, -0.1) is 0 Å². The molecule has 0 aliphatic carbocycles. The zero-order chi connectivity index (χ0) is 23.3. The van der Waals surface area contributed by atoms with Crippen LogP contribution in [0, 0.1) is 11.6 Å². The lowest BCUT2D eigenvalue weighted by Crippen LogP contribution is -2.19. The maximum absolute atomic E-state index is 12.9. The summed E-state index contributed by atoms with van der Waals surface area (Å²) in [6.45, 7) is 3.48. The van der Waals surface area contributed by atoms with Crippen LogP contribution >= 0.6 is 0 Å². The van der Waals surface area contributed by atoms with Crippen molar-refractivity contribution < 1.29 is 18.4 Å². The standard InChI is InChI=1S/C24H28F2N4O2/c1-17(19-9-13-21(25)14-10-19)27-29-23(31)7-5-3-4-6-8-24(32)30-28-18(2)20-11-15-22(26)16-12-20/h9-16H,3-8H2,1-2H3,(H,29,31)(H,30,32)/b27-17+,28-18+. The number of hydrogen-bond acceptors (Lipinski definition) is 4. The molecule has 8 heteroatoms. The van der Waals surface area contributed by atoms with Crippen molar-refractivity contribution in [2.45, 2.75) is 52.4 Å². The summed E-state index contributed by atoms with van der Waals surface area (Å²) < 4.78 is 25.9. The summed E-state index contributed by atoms with van der Waals surface area (Å²) in [5.41, 5.74) is 7.68. The Morgan fingerprint density at radius 2 is 1.00 bits per heavy atom. The van der Waals surface area contributed by atoms with Crippen LogP contribution < -0.4 is 10.9 Å². The van der Waals surface area contributed by atoms with Crippen molar-refractivity contribution in [1.82, 2.24) is 10.9 Å². The van der Waals surface area contributed by atoms with Crippen LogP contribution in [0.1, 0.15) is 63.5 Å². The lowest BCUT2D eigenvalue weighted by Gasteiger charge is -2.04. The number of nitrogens with zero attached hydrogens (tertiary/aromatic N) is 2. The number of carbonyl (C=O) groups is 2. The first-order valence-electron chi connectivity index (χ1n) is 10.5. The third kappa shape index (κ3) is 9.16. The van der Waals surface area contributed by atoms with Crippen LogP contribution in [-0.2, 0) is 9.59 Å². The average molecular weight is 443 g/mol. The number of nitrogens with one attached hydrogen (secondary N) is 2. The highest BCUT2D eigenvalue weighted by Crippen LogP contribution is 2.07. The molecule has 0 atom stereocenters. The van der Waals surface area contributed by atoms with Crippen molar-refractivity contribution in [1.29, 1.82) is 0 Å². The Morgan fingerprint density at radius 3 is 1.34 bits per heavy atom. The minimum absolute atomic E-state index is 0.185.